The highest BCUT2D eigenvalue weighted by Crippen LogP contribution is 2.28. The third kappa shape index (κ3) is 4.06. The predicted molar refractivity (Wildman–Crippen MR) is 85.7 cm³/mol. The minimum Gasteiger partial charge on any atom is -0.494 e. The van der Waals surface area contributed by atoms with Gasteiger partial charge in [-0.1, -0.05) is 42.5 Å². The average Bonchev–Trinajstić information content (AvgIpc) is 2.53. The highest BCUT2D eigenvalue weighted by atomic mass is 16.5. The van der Waals surface area contributed by atoms with Crippen molar-refractivity contribution in [1.82, 2.24) is 0 Å². The number of hydrogen-bond acceptors (Lipinski definition) is 3. The Hall–Kier alpha value is -1.84. The molecule has 0 radical (unpaired) electrons. The van der Waals surface area contributed by atoms with E-state index in [0.29, 0.717) is 6.61 Å². The topological polar surface area (TPSA) is 44.5 Å². The standard InChI is InChI=1S/C18H23NO2/c1-3-21-17-7-5-4-6-16(17)18(19)15-10-8-14(9-11-15)12-13-20-2/h4-11,18H,3,12-13,19H2,1-2H3. The normalized spacial score (nSPS) is 12.1. The SMILES string of the molecule is CCOc1ccccc1C(N)c1ccc(CCOC)cc1. The molecule has 3 heteroatoms. The van der Waals surface area contributed by atoms with Gasteiger partial charge < -0.3 is 15.2 Å². The molecule has 112 valence electrons. The molecule has 1 atom stereocenters. The largest absolute Gasteiger partial charge is 0.494 e. The molecule has 2 aromatic rings. The molecule has 2 N–H and O–H groups in total. The number of para-hydroxylation sites is 1. The van der Waals surface area contributed by atoms with Crippen LogP contribution in [0, 0.1) is 0 Å². The molecular formula is C18H23NO2. The first-order valence-corrected chi connectivity index (χ1v) is 7.31. The van der Waals surface area contributed by atoms with Gasteiger partial charge in [0, 0.05) is 12.7 Å². The van der Waals surface area contributed by atoms with Crippen LogP contribution in [0.1, 0.15) is 29.7 Å². The number of rotatable bonds is 7. The van der Waals surface area contributed by atoms with Crippen molar-refractivity contribution in [3.63, 3.8) is 0 Å². The zero-order valence-corrected chi connectivity index (χ0v) is 12.7. The van der Waals surface area contributed by atoms with Crippen LogP contribution in [0.4, 0.5) is 0 Å². The Kier molecular flexibility index (Phi) is 5.78. The van der Waals surface area contributed by atoms with E-state index in [4.69, 9.17) is 15.2 Å². The summed E-state index contributed by atoms with van der Waals surface area (Å²) >= 11 is 0. The molecule has 0 fully saturated rings. The Balaban J connectivity index is 2.17. The van der Waals surface area contributed by atoms with Crippen LogP contribution in [0.25, 0.3) is 0 Å². The fraction of sp³-hybridized carbons (Fsp3) is 0.333. The summed E-state index contributed by atoms with van der Waals surface area (Å²) < 4.78 is 10.8. The fourth-order valence-corrected chi connectivity index (χ4v) is 2.32. The summed E-state index contributed by atoms with van der Waals surface area (Å²) in [4.78, 5) is 0. The molecule has 0 aliphatic heterocycles. The molecule has 1 unspecified atom stereocenters. The molecule has 0 saturated heterocycles. The summed E-state index contributed by atoms with van der Waals surface area (Å²) in [6.45, 7) is 3.35. The minimum atomic E-state index is -0.177. The van der Waals surface area contributed by atoms with E-state index in [2.05, 4.69) is 24.3 Å². The van der Waals surface area contributed by atoms with Crippen LogP contribution in [-0.2, 0) is 11.2 Å². The number of ether oxygens (including phenoxy) is 2. The molecule has 0 bridgehead atoms. The summed E-state index contributed by atoms with van der Waals surface area (Å²) in [6, 6.07) is 16.1. The van der Waals surface area contributed by atoms with E-state index in [1.165, 1.54) is 5.56 Å². The van der Waals surface area contributed by atoms with Crippen LogP contribution in [0.3, 0.4) is 0 Å². The van der Waals surface area contributed by atoms with Crippen molar-refractivity contribution in [3.8, 4) is 5.75 Å². The van der Waals surface area contributed by atoms with E-state index in [0.717, 1.165) is 29.9 Å². The maximum Gasteiger partial charge on any atom is 0.124 e. The van der Waals surface area contributed by atoms with Gasteiger partial charge in [-0.15, -0.1) is 0 Å². The summed E-state index contributed by atoms with van der Waals surface area (Å²) in [5, 5.41) is 0. The van der Waals surface area contributed by atoms with Gasteiger partial charge in [0.1, 0.15) is 5.75 Å². The second kappa shape index (κ2) is 7.81. The molecule has 3 nitrogen and oxygen atoms in total. The molecule has 0 saturated carbocycles. The van der Waals surface area contributed by atoms with Gasteiger partial charge in [0.25, 0.3) is 0 Å². The summed E-state index contributed by atoms with van der Waals surface area (Å²) in [7, 11) is 1.72. The Bertz CT molecular complexity index is 551. The van der Waals surface area contributed by atoms with E-state index in [9.17, 15) is 0 Å². The van der Waals surface area contributed by atoms with Gasteiger partial charge >= 0.3 is 0 Å². The Labute approximate surface area is 126 Å². The molecular weight excluding hydrogens is 262 g/mol. The lowest BCUT2D eigenvalue weighted by atomic mass is 9.97. The lowest BCUT2D eigenvalue weighted by Crippen LogP contribution is -2.13. The predicted octanol–water partition coefficient (Wildman–Crippen LogP) is 3.32. The van der Waals surface area contributed by atoms with E-state index in [-0.39, 0.29) is 6.04 Å². The molecule has 0 heterocycles. The van der Waals surface area contributed by atoms with Crippen molar-refractivity contribution in [3.05, 3.63) is 65.2 Å². The minimum absolute atomic E-state index is 0.177. The zero-order chi connectivity index (χ0) is 15.1. The number of nitrogens with two attached hydrogens (primary N) is 1. The second-order valence-electron chi connectivity index (χ2n) is 4.93. The van der Waals surface area contributed by atoms with Crippen molar-refractivity contribution >= 4 is 0 Å². The zero-order valence-electron chi connectivity index (χ0n) is 12.7. The fourth-order valence-electron chi connectivity index (χ4n) is 2.32. The Morgan fingerprint density at radius 1 is 1.05 bits per heavy atom. The second-order valence-corrected chi connectivity index (χ2v) is 4.93. The monoisotopic (exact) mass is 285 g/mol. The molecule has 2 rings (SSSR count). The van der Waals surface area contributed by atoms with Crippen LogP contribution in [0.5, 0.6) is 5.75 Å². The van der Waals surface area contributed by atoms with Crippen molar-refractivity contribution < 1.29 is 9.47 Å². The van der Waals surface area contributed by atoms with E-state index >= 15 is 0 Å². The number of hydrogen-bond donors (Lipinski definition) is 1. The summed E-state index contributed by atoms with van der Waals surface area (Å²) in [6.07, 6.45) is 0.918. The van der Waals surface area contributed by atoms with E-state index < -0.39 is 0 Å². The van der Waals surface area contributed by atoms with Gasteiger partial charge in [-0.05, 0) is 30.5 Å². The Morgan fingerprint density at radius 3 is 2.43 bits per heavy atom. The third-order valence-electron chi connectivity index (χ3n) is 3.49. The van der Waals surface area contributed by atoms with Gasteiger partial charge in [0.05, 0.1) is 19.3 Å². The third-order valence-corrected chi connectivity index (χ3v) is 3.49. The highest BCUT2D eigenvalue weighted by Gasteiger charge is 2.13. The smallest absolute Gasteiger partial charge is 0.124 e. The van der Waals surface area contributed by atoms with E-state index in [1.54, 1.807) is 7.11 Å². The summed E-state index contributed by atoms with van der Waals surface area (Å²) in [5.74, 6) is 0.857. The van der Waals surface area contributed by atoms with E-state index in [1.807, 2.05) is 31.2 Å². The van der Waals surface area contributed by atoms with Gasteiger partial charge in [0.15, 0.2) is 0 Å². The maximum absolute atomic E-state index is 6.39. The molecule has 0 aliphatic carbocycles. The summed E-state index contributed by atoms with van der Waals surface area (Å²) in [5.41, 5.74) is 9.75. The van der Waals surface area contributed by atoms with Crippen molar-refractivity contribution in [1.29, 1.82) is 0 Å². The molecule has 2 aromatic carbocycles. The average molecular weight is 285 g/mol. The number of methoxy groups -OCH3 is 1. The van der Waals surface area contributed by atoms with Crippen molar-refractivity contribution in [2.24, 2.45) is 5.73 Å². The van der Waals surface area contributed by atoms with Crippen molar-refractivity contribution in [2.45, 2.75) is 19.4 Å². The Morgan fingerprint density at radius 2 is 1.76 bits per heavy atom. The van der Waals surface area contributed by atoms with Crippen molar-refractivity contribution in [2.75, 3.05) is 20.3 Å². The molecule has 0 spiro atoms. The quantitative estimate of drug-likeness (QED) is 0.848. The maximum atomic E-state index is 6.39. The van der Waals surface area contributed by atoms with Crippen LogP contribution in [0.2, 0.25) is 0 Å². The molecule has 21 heavy (non-hydrogen) atoms. The first kappa shape index (κ1) is 15.5. The van der Waals surface area contributed by atoms with Crippen LogP contribution in [0.15, 0.2) is 48.5 Å². The van der Waals surface area contributed by atoms with Gasteiger partial charge in [-0.25, -0.2) is 0 Å². The van der Waals surface area contributed by atoms with Crippen LogP contribution >= 0.6 is 0 Å². The molecule has 0 amide bonds. The van der Waals surface area contributed by atoms with Gasteiger partial charge in [0.2, 0.25) is 0 Å². The highest BCUT2D eigenvalue weighted by molar-refractivity contribution is 5.41. The lowest BCUT2D eigenvalue weighted by molar-refractivity contribution is 0.202. The first-order chi connectivity index (χ1) is 10.3. The molecule has 0 aromatic heterocycles. The van der Waals surface area contributed by atoms with Gasteiger partial charge in [-0.2, -0.15) is 0 Å². The van der Waals surface area contributed by atoms with Gasteiger partial charge in [-0.3, -0.25) is 0 Å². The first-order valence-electron chi connectivity index (χ1n) is 7.31. The number of benzene rings is 2. The van der Waals surface area contributed by atoms with Crippen LogP contribution in [-0.4, -0.2) is 20.3 Å². The molecule has 0 aliphatic rings. The lowest BCUT2D eigenvalue weighted by Gasteiger charge is -2.17. The van der Waals surface area contributed by atoms with Crippen LogP contribution < -0.4 is 10.5 Å².